The molecule has 0 unspecified atom stereocenters. The highest BCUT2D eigenvalue weighted by atomic mass is 16.5. The fourth-order valence-corrected chi connectivity index (χ4v) is 3.60. The highest BCUT2D eigenvalue weighted by Crippen LogP contribution is 2.39. The maximum absolute atomic E-state index is 12.9. The highest BCUT2D eigenvalue weighted by molar-refractivity contribution is 6.00. The lowest BCUT2D eigenvalue weighted by molar-refractivity contribution is 0.0905. The Bertz CT molecular complexity index is 859. The summed E-state index contributed by atoms with van der Waals surface area (Å²) in [6.07, 6.45) is 7.27. The van der Waals surface area contributed by atoms with E-state index in [1.54, 1.807) is 0 Å². The predicted molar refractivity (Wildman–Crippen MR) is 97.6 cm³/mol. The Kier molecular flexibility index (Phi) is 3.91. The molecule has 2 aliphatic rings. The number of nitrogens with one attached hydrogen (secondary N) is 1. The third-order valence-electron chi connectivity index (χ3n) is 5.38. The molecule has 0 spiro atoms. The van der Waals surface area contributed by atoms with Crippen LogP contribution in [0.15, 0.2) is 24.4 Å². The maximum atomic E-state index is 12.9. The molecule has 132 valence electrons. The van der Waals surface area contributed by atoms with Crippen LogP contribution in [0.25, 0.3) is 11.2 Å². The molecule has 1 amide bonds. The Hall–Kier alpha value is -2.14. The fraction of sp³-hybridized carbons (Fsp3) is 0.500. The molecule has 1 saturated carbocycles. The largest absolute Gasteiger partial charge is 0.377 e. The number of nitrogens with zero attached hydrogens (tertiary/aromatic N) is 2. The quantitative estimate of drug-likeness (QED) is 0.929. The third-order valence-corrected chi connectivity index (χ3v) is 5.38. The number of amides is 1. The number of ether oxygens (including phenoxy) is 1. The summed E-state index contributed by atoms with van der Waals surface area (Å²) in [5.74, 6) is 0.549. The van der Waals surface area contributed by atoms with Gasteiger partial charge in [-0.2, -0.15) is 0 Å². The van der Waals surface area contributed by atoms with Gasteiger partial charge < -0.3 is 14.5 Å². The second kappa shape index (κ2) is 5.99. The topological polar surface area (TPSA) is 55.6 Å². The molecular weight excluding hydrogens is 314 g/mol. The van der Waals surface area contributed by atoms with Gasteiger partial charge in [0, 0.05) is 17.4 Å². The summed E-state index contributed by atoms with van der Waals surface area (Å²) in [7, 11) is 0. The highest BCUT2D eigenvalue weighted by Gasteiger charge is 2.39. The molecule has 3 heterocycles. The molecule has 2 aromatic heterocycles. The van der Waals surface area contributed by atoms with Crippen LogP contribution in [0.4, 0.5) is 0 Å². The molecule has 0 radical (unpaired) electrons. The van der Waals surface area contributed by atoms with Gasteiger partial charge in [-0.15, -0.1) is 0 Å². The van der Waals surface area contributed by atoms with Crippen LogP contribution in [0.1, 0.15) is 54.9 Å². The maximum Gasteiger partial charge on any atom is 0.255 e. The first-order valence-corrected chi connectivity index (χ1v) is 9.04. The minimum Gasteiger partial charge on any atom is -0.377 e. The average molecular weight is 339 g/mol. The smallest absolute Gasteiger partial charge is 0.255 e. The zero-order valence-electron chi connectivity index (χ0n) is 15.1. The standard InChI is InChI=1S/C20H25N3O2/c1-13-12-17(14-7-10-25-11-8-14)21-18-16(6-9-23(13)18)19(24)22-20(2,3)15-4-5-15/h6-7,9,12,15H,4-5,8,10-11H2,1-3H3,(H,22,24). The summed E-state index contributed by atoms with van der Waals surface area (Å²) in [4.78, 5) is 17.7. The van der Waals surface area contributed by atoms with Crippen molar-refractivity contribution in [2.24, 2.45) is 5.92 Å². The van der Waals surface area contributed by atoms with E-state index in [2.05, 4.69) is 31.3 Å². The molecule has 1 fully saturated rings. The summed E-state index contributed by atoms with van der Waals surface area (Å²) in [6, 6.07) is 3.95. The van der Waals surface area contributed by atoms with Crippen LogP contribution in [0.3, 0.4) is 0 Å². The Morgan fingerprint density at radius 2 is 2.20 bits per heavy atom. The average Bonchev–Trinajstić information content (AvgIpc) is 3.36. The Morgan fingerprint density at radius 3 is 2.88 bits per heavy atom. The van der Waals surface area contributed by atoms with E-state index in [0.29, 0.717) is 18.1 Å². The first kappa shape index (κ1) is 16.3. The summed E-state index contributed by atoms with van der Waals surface area (Å²) in [5.41, 5.74) is 4.43. The van der Waals surface area contributed by atoms with E-state index in [1.807, 2.05) is 23.6 Å². The van der Waals surface area contributed by atoms with Crippen LogP contribution < -0.4 is 5.32 Å². The van der Waals surface area contributed by atoms with Crippen molar-refractivity contribution in [3.05, 3.63) is 41.4 Å². The van der Waals surface area contributed by atoms with E-state index in [0.717, 1.165) is 30.1 Å². The number of carbonyl (C=O) groups excluding carboxylic acids is 1. The molecule has 25 heavy (non-hydrogen) atoms. The lowest BCUT2D eigenvalue weighted by Gasteiger charge is -2.26. The monoisotopic (exact) mass is 339 g/mol. The van der Waals surface area contributed by atoms with Crippen LogP contribution in [0.5, 0.6) is 0 Å². The van der Waals surface area contributed by atoms with Gasteiger partial charge in [0.25, 0.3) is 5.91 Å². The van der Waals surface area contributed by atoms with Crippen LogP contribution in [0.2, 0.25) is 0 Å². The van der Waals surface area contributed by atoms with Crippen LogP contribution >= 0.6 is 0 Å². The van der Waals surface area contributed by atoms with E-state index >= 15 is 0 Å². The summed E-state index contributed by atoms with van der Waals surface area (Å²) in [6.45, 7) is 7.62. The van der Waals surface area contributed by atoms with Gasteiger partial charge in [-0.05, 0) is 63.7 Å². The van der Waals surface area contributed by atoms with Crippen LogP contribution in [-0.4, -0.2) is 34.0 Å². The Morgan fingerprint density at radius 1 is 1.40 bits per heavy atom. The minimum absolute atomic E-state index is 0.0376. The fourth-order valence-electron chi connectivity index (χ4n) is 3.60. The summed E-state index contributed by atoms with van der Waals surface area (Å²) < 4.78 is 7.38. The van der Waals surface area contributed by atoms with Crippen molar-refractivity contribution in [2.75, 3.05) is 13.2 Å². The molecule has 0 atom stereocenters. The van der Waals surface area contributed by atoms with Crippen molar-refractivity contribution < 1.29 is 9.53 Å². The van der Waals surface area contributed by atoms with Crippen molar-refractivity contribution in [2.45, 2.75) is 45.6 Å². The van der Waals surface area contributed by atoms with Gasteiger partial charge in [0.15, 0.2) is 0 Å². The number of aromatic nitrogens is 2. The number of hydrogen-bond donors (Lipinski definition) is 1. The minimum atomic E-state index is -0.165. The van der Waals surface area contributed by atoms with Crippen molar-refractivity contribution in [3.63, 3.8) is 0 Å². The second-order valence-electron chi connectivity index (χ2n) is 7.71. The van der Waals surface area contributed by atoms with Gasteiger partial charge in [-0.1, -0.05) is 6.08 Å². The third kappa shape index (κ3) is 3.09. The van der Waals surface area contributed by atoms with Gasteiger partial charge in [0.05, 0.1) is 24.5 Å². The molecule has 1 aliphatic heterocycles. The van der Waals surface area contributed by atoms with E-state index in [9.17, 15) is 4.79 Å². The lowest BCUT2D eigenvalue weighted by Crippen LogP contribution is -2.45. The molecule has 0 aromatic carbocycles. The second-order valence-corrected chi connectivity index (χ2v) is 7.71. The zero-order chi connectivity index (χ0) is 17.6. The molecule has 5 heteroatoms. The van der Waals surface area contributed by atoms with Crippen molar-refractivity contribution in [1.29, 1.82) is 0 Å². The van der Waals surface area contributed by atoms with Crippen LogP contribution in [-0.2, 0) is 4.74 Å². The van der Waals surface area contributed by atoms with Gasteiger partial charge in [-0.3, -0.25) is 4.79 Å². The lowest BCUT2D eigenvalue weighted by atomic mass is 9.98. The first-order chi connectivity index (χ1) is 12.0. The molecule has 0 saturated heterocycles. The molecular formula is C20H25N3O2. The van der Waals surface area contributed by atoms with Gasteiger partial charge in [0.2, 0.25) is 0 Å². The van der Waals surface area contributed by atoms with Crippen molar-refractivity contribution in [3.8, 4) is 0 Å². The number of rotatable bonds is 4. The molecule has 0 bridgehead atoms. The van der Waals surface area contributed by atoms with Crippen molar-refractivity contribution in [1.82, 2.24) is 14.7 Å². The normalized spacial score (nSPS) is 18.3. The SMILES string of the molecule is Cc1cc(C2=CCOCC2)nc2c(C(=O)NC(C)(C)C3CC3)ccn12. The number of carbonyl (C=O) groups is 1. The van der Waals surface area contributed by atoms with Crippen molar-refractivity contribution >= 4 is 17.1 Å². The summed E-state index contributed by atoms with van der Waals surface area (Å²) >= 11 is 0. The van der Waals surface area contributed by atoms with Gasteiger partial charge in [-0.25, -0.2) is 4.98 Å². The van der Waals surface area contributed by atoms with Gasteiger partial charge in [0.1, 0.15) is 5.65 Å². The number of fused-ring (bicyclic) bond motifs is 1. The predicted octanol–water partition coefficient (Wildman–Crippen LogP) is 3.36. The van der Waals surface area contributed by atoms with Crippen LogP contribution in [0, 0.1) is 12.8 Å². The Balaban J connectivity index is 1.70. The molecule has 5 nitrogen and oxygen atoms in total. The van der Waals surface area contributed by atoms with E-state index in [1.165, 1.54) is 18.4 Å². The van der Waals surface area contributed by atoms with Gasteiger partial charge >= 0.3 is 0 Å². The van der Waals surface area contributed by atoms with E-state index < -0.39 is 0 Å². The summed E-state index contributed by atoms with van der Waals surface area (Å²) in [5, 5.41) is 3.20. The van der Waals surface area contributed by atoms with E-state index in [-0.39, 0.29) is 11.4 Å². The molecule has 1 aliphatic carbocycles. The Labute approximate surface area is 148 Å². The number of aryl methyl sites for hydroxylation is 1. The zero-order valence-corrected chi connectivity index (χ0v) is 15.1. The molecule has 2 aromatic rings. The molecule has 4 rings (SSSR count). The number of hydrogen-bond acceptors (Lipinski definition) is 3. The van der Waals surface area contributed by atoms with E-state index in [4.69, 9.17) is 9.72 Å². The molecule has 1 N–H and O–H groups in total. The first-order valence-electron chi connectivity index (χ1n) is 9.04.